The van der Waals surface area contributed by atoms with Crippen molar-refractivity contribution in [2.75, 3.05) is 11.9 Å². The second-order valence-corrected chi connectivity index (χ2v) is 7.84. The fourth-order valence-electron chi connectivity index (χ4n) is 2.69. The van der Waals surface area contributed by atoms with E-state index in [1.54, 1.807) is 6.07 Å². The highest BCUT2D eigenvalue weighted by atomic mass is 32.2. The highest BCUT2D eigenvalue weighted by molar-refractivity contribution is 8.03. The first-order valence-corrected chi connectivity index (χ1v) is 9.74. The van der Waals surface area contributed by atoms with Crippen LogP contribution in [0.2, 0.25) is 0 Å². The van der Waals surface area contributed by atoms with Gasteiger partial charge in [-0.1, -0.05) is 18.2 Å². The molecule has 0 saturated heterocycles. The minimum absolute atomic E-state index is 0.360. The molecule has 27 heavy (non-hydrogen) atoms. The van der Waals surface area contributed by atoms with Crippen molar-refractivity contribution in [3.05, 3.63) is 58.5 Å². The molecule has 1 amide bonds. The molecule has 0 aliphatic rings. The molecule has 1 heterocycles. The Morgan fingerprint density at radius 2 is 1.89 bits per heavy atom. The molecule has 0 aliphatic heterocycles. The molecule has 0 unspecified atom stereocenters. The summed E-state index contributed by atoms with van der Waals surface area (Å²) in [7, 11) is 0. The van der Waals surface area contributed by atoms with Gasteiger partial charge in [0.25, 0.3) is 5.91 Å². The highest BCUT2D eigenvalue weighted by Gasteiger charge is 2.15. The zero-order chi connectivity index (χ0) is 19.4. The molecule has 0 fully saturated rings. The van der Waals surface area contributed by atoms with Crippen molar-refractivity contribution in [3.63, 3.8) is 0 Å². The number of thiophene rings is 1. The molecular weight excluding hydrogens is 380 g/mol. The summed E-state index contributed by atoms with van der Waals surface area (Å²) < 4.78 is 6.14. The van der Waals surface area contributed by atoms with E-state index in [2.05, 4.69) is 5.32 Å². The number of anilines is 1. The molecule has 3 rings (SSSR count). The predicted octanol–water partition coefficient (Wildman–Crippen LogP) is 4.89. The number of nitrogens with one attached hydrogen (secondary N) is 1. The van der Waals surface area contributed by atoms with Crippen LogP contribution in [0.3, 0.4) is 0 Å². The van der Waals surface area contributed by atoms with Crippen molar-refractivity contribution in [2.24, 2.45) is 0 Å². The molecule has 7 heteroatoms. The lowest BCUT2D eigenvalue weighted by Gasteiger charge is -2.13. The number of amides is 1. The quantitative estimate of drug-likeness (QED) is 0.377. The molecule has 5 nitrogen and oxygen atoms in total. The number of benzene rings is 2. The zero-order valence-corrected chi connectivity index (χ0v) is 16.4. The number of hydrogen-bond acceptors (Lipinski definition) is 6. The predicted molar refractivity (Wildman–Crippen MR) is 108 cm³/mol. The minimum atomic E-state index is -0.513. The number of ether oxygens (including phenoxy) is 1. The molecule has 0 aliphatic carbocycles. The Labute approximate surface area is 165 Å². The Balaban J connectivity index is 1.63. The van der Waals surface area contributed by atoms with Gasteiger partial charge in [0.2, 0.25) is 0 Å². The third-order valence-corrected chi connectivity index (χ3v) is 5.55. The van der Waals surface area contributed by atoms with Crippen LogP contribution in [0.4, 0.5) is 5.69 Å². The maximum Gasteiger partial charge on any atom is 0.348 e. The number of aryl methyl sites for hydroxylation is 2. The first-order chi connectivity index (χ1) is 13.0. The Morgan fingerprint density at radius 1 is 1.19 bits per heavy atom. The number of thioether (sulfide) groups is 1. The van der Waals surface area contributed by atoms with Crippen LogP contribution in [-0.4, -0.2) is 18.5 Å². The van der Waals surface area contributed by atoms with Crippen LogP contribution >= 0.6 is 23.1 Å². The SMILES string of the molecule is Cc1cc(SC#N)cc(C)c1NC(=O)COC(=O)c1cc2ccccc2s1. The van der Waals surface area contributed by atoms with E-state index in [9.17, 15) is 9.59 Å². The summed E-state index contributed by atoms with van der Waals surface area (Å²) in [6.07, 6.45) is 0. The molecule has 3 aromatic rings. The summed E-state index contributed by atoms with van der Waals surface area (Å²) in [5.74, 6) is -0.920. The Kier molecular flexibility index (Phi) is 5.79. The standard InChI is InChI=1S/C20H16N2O3S2/c1-12-7-15(26-11-21)8-13(2)19(12)22-18(23)10-25-20(24)17-9-14-5-3-4-6-16(14)27-17/h3-9H,10H2,1-2H3,(H,22,23). The van der Waals surface area contributed by atoms with E-state index in [1.165, 1.54) is 11.3 Å². The lowest BCUT2D eigenvalue weighted by atomic mass is 10.1. The molecule has 0 radical (unpaired) electrons. The van der Waals surface area contributed by atoms with Crippen LogP contribution in [0.5, 0.6) is 0 Å². The van der Waals surface area contributed by atoms with Gasteiger partial charge in [-0.3, -0.25) is 4.79 Å². The van der Waals surface area contributed by atoms with Crippen molar-refractivity contribution in [1.29, 1.82) is 5.26 Å². The number of esters is 1. The number of nitrogens with zero attached hydrogens (tertiary/aromatic N) is 1. The summed E-state index contributed by atoms with van der Waals surface area (Å²) in [4.78, 5) is 25.7. The van der Waals surface area contributed by atoms with Gasteiger partial charge in [0, 0.05) is 15.3 Å². The average molecular weight is 396 g/mol. The van der Waals surface area contributed by atoms with Gasteiger partial charge < -0.3 is 10.1 Å². The van der Waals surface area contributed by atoms with Crippen LogP contribution < -0.4 is 5.32 Å². The molecule has 0 bridgehead atoms. The minimum Gasteiger partial charge on any atom is -0.451 e. The first kappa shape index (κ1) is 19.0. The Morgan fingerprint density at radius 3 is 2.56 bits per heavy atom. The van der Waals surface area contributed by atoms with Gasteiger partial charge in [0.15, 0.2) is 6.61 Å². The van der Waals surface area contributed by atoms with Crippen molar-refractivity contribution in [2.45, 2.75) is 18.7 Å². The van der Waals surface area contributed by atoms with Gasteiger partial charge in [0.1, 0.15) is 10.3 Å². The molecule has 0 spiro atoms. The van der Waals surface area contributed by atoms with Crippen LogP contribution in [0.15, 0.2) is 47.4 Å². The third kappa shape index (κ3) is 4.48. The molecule has 0 saturated carbocycles. The lowest BCUT2D eigenvalue weighted by Crippen LogP contribution is -2.21. The number of rotatable bonds is 5. The van der Waals surface area contributed by atoms with Gasteiger partial charge in [-0.05, 0) is 66.4 Å². The number of hydrogen-bond donors (Lipinski definition) is 1. The lowest BCUT2D eigenvalue weighted by molar-refractivity contribution is -0.119. The van der Waals surface area contributed by atoms with Crippen LogP contribution in [0.25, 0.3) is 10.1 Å². The van der Waals surface area contributed by atoms with Crippen molar-refractivity contribution in [1.82, 2.24) is 0 Å². The molecule has 136 valence electrons. The van der Waals surface area contributed by atoms with E-state index in [0.717, 1.165) is 37.9 Å². The van der Waals surface area contributed by atoms with Crippen LogP contribution in [0.1, 0.15) is 20.8 Å². The van der Waals surface area contributed by atoms with Crippen LogP contribution in [0, 0.1) is 24.5 Å². The summed E-state index contributed by atoms with van der Waals surface area (Å²) in [5, 5.41) is 14.6. The fourth-order valence-corrected chi connectivity index (χ4v) is 4.23. The molecular formula is C20H16N2O3S2. The Bertz CT molecular complexity index is 1010. The Hall–Kier alpha value is -2.82. The summed E-state index contributed by atoms with van der Waals surface area (Å²) >= 11 is 2.41. The van der Waals surface area contributed by atoms with E-state index in [1.807, 2.05) is 55.6 Å². The van der Waals surface area contributed by atoms with E-state index < -0.39 is 11.9 Å². The van der Waals surface area contributed by atoms with Crippen molar-refractivity contribution >= 4 is 50.7 Å². The second kappa shape index (κ2) is 8.25. The monoisotopic (exact) mass is 396 g/mol. The van der Waals surface area contributed by atoms with Gasteiger partial charge in [-0.2, -0.15) is 5.26 Å². The highest BCUT2D eigenvalue weighted by Crippen LogP contribution is 2.28. The van der Waals surface area contributed by atoms with E-state index in [4.69, 9.17) is 10.00 Å². The van der Waals surface area contributed by atoms with Gasteiger partial charge in [-0.25, -0.2) is 4.79 Å². The topological polar surface area (TPSA) is 79.2 Å². The number of carbonyl (C=O) groups is 2. The average Bonchev–Trinajstić information content (AvgIpc) is 3.07. The summed E-state index contributed by atoms with van der Waals surface area (Å²) in [6.45, 7) is 3.35. The molecule has 1 N–H and O–H groups in total. The molecule has 1 aromatic heterocycles. The van der Waals surface area contributed by atoms with E-state index in [-0.39, 0.29) is 6.61 Å². The summed E-state index contributed by atoms with van der Waals surface area (Å²) in [6, 6.07) is 13.1. The molecule has 2 aromatic carbocycles. The van der Waals surface area contributed by atoms with E-state index >= 15 is 0 Å². The number of thiocyanates is 1. The number of nitriles is 1. The number of carbonyl (C=O) groups excluding carboxylic acids is 2. The smallest absolute Gasteiger partial charge is 0.348 e. The fraction of sp³-hybridized carbons (Fsp3) is 0.150. The maximum absolute atomic E-state index is 12.2. The largest absolute Gasteiger partial charge is 0.451 e. The molecule has 0 atom stereocenters. The number of fused-ring (bicyclic) bond motifs is 1. The van der Waals surface area contributed by atoms with Gasteiger partial charge >= 0.3 is 5.97 Å². The second-order valence-electron chi connectivity index (χ2n) is 5.90. The van der Waals surface area contributed by atoms with Gasteiger partial charge in [0.05, 0.1) is 0 Å². The zero-order valence-electron chi connectivity index (χ0n) is 14.7. The van der Waals surface area contributed by atoms with Crippen molar-refractivity contribution < 1.29 is 14.3 Å². The van der Waals surface area contributed by atoms with E-state index in [0.29, 0.717) is 10.6 Å². The first-order valence-electron chi connectivity index (χ1n) is 8.10. The normalized spacial score (nSPS) is 10.4. The third-order valence-electron chi connectivity index (χ3n) is 3.90. The van der Waals surface area contributed by atoms with Gasteiger partial charge in [-0.15, -0.1) is 11.3 Å². The summed E-state index contributed by atoms with van der Waals surface area (Å²) in [5.41, 5.74) is 2.36. The van der Waals surface area contributed by atoms with Crippen LogP contribution in [-0.2, 0) is 9.53 Å². The van der Waals surface area contributed by atoms with Crippen molar-refractivity contribution in [3.8, 4) is 5.40 Å². The maximum atomic E-state index is 12.2.